The lowest BCUT2D eigenvalue weighted by Gasteiger charge is -2.16. The number of aliphatic hydroxyl groups excluding tert-OH is 2. The number of hydrogen-bond donors (Lipinski definition) is 3. The zero-order valence-electron chi connectivity index (χ0n) is 14.5. The Kier molecular flexibility index (Phi) is 14.0. The highest BCUT2D eigenvalue weighted by Crippen LogP contribution is 2.13. The molecular weight excluding hydrogens is 296 g/mol. The maximum absolute atomic E-state index is 11.8. The summed E-state index contributed by atoms with van der Waals surface area (Å²) in [6, 6.07) is 0. The van der Waals surface area contributed by atoms with Crippen LogP contribution in [0.25, 0.3) is 0 Å². The number of carbonyl (C=O) groups excluding carboxylic acids is 1. The van der Waals surface area contributed by atoms with Crippen molar-refractivity contribution in [2.24, 2.45) is 0 Å². The molecule has 0 radical (unpaired) electrons. The molecule has 0 aromatic heterocycles. The van der Waals surface area contributed by atoms with Gasteiger partial charge in [-0.05, 0) is 19.3 Å². The van der Waals surface area contributed by atoms with E-state index in [2.05, 4.69) is 6.92 Å². The summed E-state index contributed by atoms with van der Waals surface area (Å²) in [5.41, 5.74) is 0. The number of aliphatic hydroxyl groups is 2. The number of unbranched alkanes of at least 4 members (excludes halogenated alkanes) is 8. The standard InChI is InChI=1S/C18H34O5/c1-2-3-4-9-12-15(19)18(23)16(20)13-10-7-5-6-8-11-14-17(21)22/h16,18,20,23H,2-14H2,1H3,(H,21,22). The molecule has 0 saturated carbocycles. The summed E-state index contributed by atoms with van der Waals surface area (Å²) in [6.45, 7) is 2.10. The molecule has 2 atom stereocenters. The third-order valence-corrected chi connectivity index (χ3v) is 4.11. The first-order chi connectivity index (χ1) is 11.0. The van der Waals surface area contributed by atoms with Gasteiger partial charge in [0.2, 0.25) is 0 Å². The van der Waals surface area contributed by atoms with Gasteiger partial charge in [0.15, 0.2) is 5.78 Å². The van der Waals surface area contributed by atoms with Gasteiger partial charge in [-0.2, -0.15) is 0 Å². The third-order valence-electron chi connectivity index (χ3n) is 4.11. The van der Waals surface area contributed by atoms with Crippen molar-refractivity contribution in [3.8, 4) is 0 Å². The summed E-state index contributed by atoms with van der Waals surface area (Å²) in [6.07, 6.45) is 8.11. The van der Waals surface area contributed by atoms with Gasteiger partial charge >= 0.3 is 5.97 Å². The monoisotopic (exact) mass is 330 g/mol. The summed E-state index contributed by atoms with van der Waals surface area (Å²) in [5, 5.41) is 28.2. The molecule has 0 bridgehead atoms. The SMILES string of the molecule is CCCCCCC(=O)C(O)C(O)CCCCCCCCC(=O)O. The van der Waals surface area contributed by atoms with E-state index in [4.69, 9.17) is 5.11 Å². The molecule has 0 aromatic carbocycles. The van der Waals surface area contributed by atoms with E-state index in [1.54, 1.807) is 0 Å². The Morgan fingerprint density at radius 2 is 1.30 bits per heavy atom. The summed E-state index contributed by atoms with van der Waals surface area (Å²) < 4.78 is 0. The van der Waals surface area contributed by atoms with Crippen molar-refractivity contribution in [1.29, 1.82) is 0 Å². The predicted molar refractivity (Wildman–Crippen MR) is 90.4 cm³/mol. The van der Waals surface area contributed by atoms with Crippen molar-refractivity contribution in [3.05, 3.63) is 0 Å². The first kappa shape index (κ1) is 22.1. The fourth-order valence-corrected chi connectivity index (χ4v) is 2.58. The molecule has 2 unspecified atom stereocenters. The zero-order chi connectivity index (χ0) is 17.5. The number of carbonyl (C=O) groups is 2. The largest absolute Gasteiger partial charge is 0.481 e. The highest BCUT2D eigenvalue weighted by Gasteiger charge is 2.22. The quantitative estimate of drug-likeness (QED) is 0.377. The van der Waals surface area contributed by atoms with E-state index in [1.807, 2.05) is 0 Å². The van der Waals surface area contributed by atoms with E-state index >= 15 is 0 Å². The first-order valence-electron chi connectivity index (χ1n) is 9.09. The van der Waals surface area contributed by atoms with E-state index in [0.717, 1.165) is 57.8 Å². The molecule has 5 heteroatoms. The Balaban J connectivity index is 3.58. The topological polar surface area (TPSA) is 94.8 Å². The molecular formula is C18H34O5. The number of carboxylic acids is 1. The van der Waals surface area contributed by atoms with Gasteiger partial charge in [-0.1, -0.05) is 58.3 Å². The van der Waals surface area contributed by atoms with Gasteiger partial charge in [-0.25, -0.2) is 0 Å². The van der Waals surface area contributed by atoms with E-state index in [1.165, 1.54) is 0 Å². The van der Waals surface area contributed by atoms with Gasteiger partial charge in [0, 0.05) is 12.8 Å². The Hall–Kier alpha value is -0.940. The number of carboxylic acid groups (broad SMARTS) is 1. The molecule has 0 saturated heterocycles. The summed E-state index contributed by atoms with van der Waals surface area (Å²) >= 11 is 0. The predicted octanol–water partition coefficient (Wildman–Crippen LogP) is 3.45. The van der Waals surface area contributed by atoms with Crippen molar-refractivity contribution in [2.45, 2.75) is 103 Å². The maximum Gasteiger partial charge on any atom is 0.303 e. The van der Waals surface area contributed by atoms with Crippen molar-refractivity contribution in [1.82, 2.24) is 0 Å². The lowest BCUT2D eigenvalue weighted by atomic mass is 9.99. The smallest absolute Gasteiger partial charge is 0.303 e. The highest BCUT2D eigenvalue weighted by atomic mass is 16.4. The minimum absolute atomic E-state index is 0.227. The number of aliphatic carboxylic acids is 1. The second kappa shape index (κ2) is 14.6. The van der Waals surface area contributed by atoms with Crippen LogP contribution in [0.5, 0.6) is 0 Å². The number of ketones is 1. The number of hydrogen-bond acceptors (Lipinski definition) is 4. The molecule has 0 fully saturated rings. The van der Waals surface area contributed by atoms with Crippen molar-refractivity contribution >= 4 is 11.8 Å². The van der Waals surface area contributed by atoms with Crippen LogP contribution in [0.15, 0.2) is 0 Å². The van der Waals surface area contributed by atoms with Crippen LogP contribution in [0.4, 0.5) is 0 Å². The van der Waals surface area contributed by atoms with E-state index in [-0.39, 0.29) is 12.2 Å². The van der Waals surface area contributed by atoms with Crippen LogP contribution in [-0.2, 0) is 9.59 Å². The van der Waals surface area contributed by atoms with E-state index in [0.29, 0.717) is 19.3 Å². The lowest BCUT2D eigenvalue weighted by Crippen LogP contribution is -2.33. The van der Waals surface area contributed by atoms with Gasteiger partial charge < -0.3 is 15.3 Å². The zero-order valence-corrected chi connectivity index (χ0v) is 14.5. The second-order valence-electron chi connectivity index (χ2n) is 6.34. The van der Waals surface area contributed by atoms with Crippen molar-refractivity contribution < 1.29 is 24.9 Å². The average Bonchev–Trinajstić information content (AvgIpc) is 2.52. The molecule has 0 amide bonds. The summed E-state index contributed by atoms with van der Waals surface area (Å²) in [4.78, 5) is 22.1. The van der Waals surface area contributed by atoms with Gasteiger partial charge in [0.25, 0.3) is 0 Å². The number of rotatable bonds is 16. The van der Waals surface area contributed by atoms with Crippen LogP contribution in [0.3, 0.4) is 0 Å². The second-order valence-corrected chi connectivity index (χ2v) is 6.34. The normalized spacial score (nSPS) is 13.7. The number of Topliss-reactive ketones (excluding diaryl/α,β-unsaturated/α-hetero) is 1. The Bertz CT molecular complexity index is 317. The lowest BCUT2D eigenvalue weighted by molar-refractivity contribution is -0.137. The van der Waals surface area contributed by atoms with Crippen LogP contribution < -0.4 is 0 Å². The Morgan fingerprint density at radius 3 is 1.91 bits per heavy atom. The third kappa shape index (κ3) is 13.2. The molecule has 3 N–H and O–H groups in total. The van der Waals surface area contributed by atoms with E-state index in [9.17, 15) is 19.8 Å². The van der Waals surface area contributed by atoms with Crippen LogP contribution >= 0.6 is 0 Å². The van der Waals surface area contributed by atoms with Crippen LogP contribution in [0.1, 0.15) is 90.4 Å². The molecule has 0 aliphatic heterocycles. The average molecular weight is 330 g/mol. The van der Waals surface area contributed by atoms with Gasteiger partial charge in [0.1, 0.15) is 6.10 Å². The molecule has 136 valence electrons. The molecule has 0 aromatic rings. The Morgan fingerprint density at radius 1 is 0.783 bits per heavy atom. The van der Waals surface area contributed by atoms with Crippen molar-refractivity contribution in [3.63, 3.8) is 0 Å². The van der Waals surface area contributed by atoms with E-state index < -0.39 is 18.2 Å². The molecule has 5 nitrogen and oxygen atoms in total. The summed E-state index contributed by atoms with van der Waals surface area (Å²) in [5.74, 6) is -0.997. The molecule has 23 heavy (non-hydrogen) atoms. The Labute approximate surface area is 140 Å². The first-order valence-corrected chi connectivity index (χ1v) is 9.09. The fraction of sp³-hybridized carbons (Fsp3) is 0.889. The molecule has 0 aliphatic rings. The minimum atomic E-state index is -1.24. The van der Waals surface area contributed by atoms with Crippen molar-refractivity contribution in [2.75, 3.05) is 0 Å². The molecule has 0 aliphatic carbocycles. The van der Waals surface area contributed by atoms with Gasteiger partial charge in [-0.15, -0.1) is 0 Å². The van der Waals surface area contributed by atoms with Crippen LogP contribution in [0.2, 0.25) is 0 Å². The molecule has 0 heterocycles. The van der Waals surface area contributed by atoms with Crippen LogP contribution in [-0.4, -0.2) is 39.3 Å². The maximum atomic E-state index is 11.8. The van der Waals surface area contributed by atoms with Gasteiger partial charge in [-0.3, -0.25) is 9.59 Å². The summed E-state index contributed by atoms with van der Waals surface area (Å²) in [7, 11) is 0. The van der Waals surface area contributed by atoms with Crippen LogP contribution in [0, 0.1) is 0 Å². The highest BCUT2D eigenvalue weighted by molar-refractivity contribution is 5.83. The fourth-order valence-electron chi connectivity index (χ4n) is 2.58. The molecule has 0 spiro atoms. The minimum Gasteiger partial charge on any atom is -0.481 e. The van der Waals surface area contributed by atoms with Gasteiger partial charge in [0.05, 0.1) is 6.10 Å². The molecule has 0 rings (SSSR count).